The predicted octanol–water partition coefficient (Wildman–Crippen LogP) is 1.93. The number of hydrogen-bond acceptors (Lipinski definition) is 4. The second-order valence-electron chi connectivity index (χ2n) is 2.80. The van der Waals surface area contributed by atoms with Crippen LogP contribution in [0, 0.1) is 0 Å². The van der Waals surface area contributed by atoms with E-state index in [9.17, 15) is 0 Å². The molecule has 6 heteroatoms. The Morgan fingerprint density at radius 3 is 3.00 bits per heavy atom. The lowest BCUT2D eigenvalue weighted by Gasteiger charge is -2.03. The van der Waals surface area contributed by atoms with Gasteiger partial charge in [0.15, 0.2) is 0 Å². The molecule has 2 N–H and O–H groups in total. The summed E-state index contributed by atoms with van der Waals surface area (Å²) in [5.74, 6) is 0. The van der Waals surface area contributed by atoms with Gasteiger partial charge in [-0.3, -0.25) is 0 Å². The highest BCUT2D eigenvalue weighted by Gasteiger charge is 2.10. The first-order valence-electron chi connectivity index (χ1n) is 4.15. The van der Waals surface area contributed by atoms with Gasteiger partial charge in [0.2, 0.25) is 0 Å². The van der Waals surface area contributed by atoms with Gasteiger partial charge in [-0.05, 0) is 6.07 Å². The highest BCUT2D eigenvalue weighted by Crippen LogP contribution is 2.28. The molecule has 0 atom stereocenters. The van der Waals surface area contributed by atoms with Crippen LogP contribution in [0.25, 0.3) is 11.3 Å². The Labute approximate surface area is 90.4 Å². The number of rotatable bonds is 2. The quantitative estimate of drug-likeness (QED) is 0.463. The maximum atomic E-state index is 8.52. The number of aromatic amines is 1. The number of H-pyrrole nitrogens is 1. The van der Waals surface area contributed by atoms with Gasteiger partial charge in [0.25, 0.3) is 0 Å². The van der Waals surface area contributed by atoms with E-state index in [1.165, 1.54) is 6.21 Å². The Morgan fingerprint density at radius 2 is 2.33 bits per heavy atom. The zero-order valence-electron chi connectivity index (χ0n) is 7.55. The van der Waals surface area contributed by atoms with Crippen molar-refractivity contribution in [3.05, 3.63) is 35.0 Å². The van der Waals surface area contributed by atoms with Crippen LogP contribution in [-0.4, -0.2) is 26.8 Å². The van der Waals surface area contributed by atoms with E-state index in [1.807, 2.05) is 0 Å². The largest absolute Gasteiger partial charge is 0.411 e. The van der Waals surface area contributed by atoms with Crippen molar-refractivity contribution in [1.29, 1.82) is 0 Å². The van der Waals surface area contributed by atoms with E-state index in [4.69, 9.17) is 16.8 Å². The fourth-order valence-electron chi connectivity index (χ4n) is 1.30. The van der Waals surface area contributed by atoms with Crippen LogP contribution in [0.2, 0.25) is 5.02 Å². The lowest BCUT2D eigenvalue weighted by molar-refractivity contribution is 0.322. The fourth-order valence-corrected chi connectivity index (χ4v) is 1.58. The molecule has 0 spiro atoms. The monoisotopic (exact) mass is 222 g/mol. The molecule has 0 amide bonds. The molecule has 0 bridgehead atoms. The van der Waals surface area contributed by atoms with Crippen LogP contribution in [0.3, 0.4) is 0 Å². The van der Waals surface area contributed by atoms with E-state index in [0.717, 1.165) is 0 Å². The molecule has 15 heavy (non-hydrogen) atoms. The topological polar surface area (TPSA) is 74.2 Å². The molecule has 0 fully saturated rings. The summed E-state index contributed by atoms with van der Waals surface area (Å²) in [4.78, 5) is 0. The van der Waals surface area contributed by atoms with Crippen molar-refractivity contribution in [3.63, 3.8) is 0 Å². The van der Waals surface area contributed by atoms with Crippen molar-refractivity contribution in [1.82, 2.24) is 15.4 Å². The minimum absolute atomic E-state index is 0.529. The molecule has 1 heterocycles. The predicted molar refractivity (Wildman–Crippen MR) is 56.2 cm³/mol. The SMILES string of the molecule is ON=Cc1cccc(Cl)c1-c1cn[nH]n1. The van der Waals surface area contributed by atoms with Gasteiger partial charge < -0.3 is 5.21 Å². The molecule has 2 rings (SSSR count). The summed E-state index contributed by atoms with van der Waals surface area (Å²) in [7, 11) is 0. The molecule has 0 unspecified atom stereocenters. The third kappa shape index (κ3) is 1.82. The Hall–Kier alpha value is -1.88. The van der Waals surface area contributed by atoms with Crippen molar-refractivity contribution >= 4 is 17.8 Å². The first-order valence-corrected chi connectivity index (χ1v) is 4.53. The zero-order chi connectivity index (χ0) is 10.7. The Balaban J connectivity index is 2.63. The van der Waals surface area contributed by atoms with Crippen LogP contribution >= 0.6 is 11.6 Å². The van der Waals surface area contributed by atoms with E-state index < -0.39 is 0 Å². The minimum Gasteiger partial charge on any atom is -0.411 e. The third-order valence-corrected chi connectivity index (χ3v) is 2.23. The standard InChI is InChI=1S/C9H7ClN4O/c10-7-3-1-2-6(4-12-15)9(7)8-5-11-14-13-8/h1-5,15H,(H,11,13,14). The zero-order valence-corrected chi connectivity index (χ0v) is 8.31. The van der Waals surface area contributed by atoms with Crippen LogP contribution in [0.1, 0.15) is 5.56 Å². The van der Waals surface area contributed by atoms with Crippen molar-refractivity contribution in [3.8, 4) is 11.3 Å². The average Bonchev–Trinajstić information content (AvgIpc) is 2.71. The molecular weight excluding hydrogens is 216 g/mol. The molecular formula is C9H7ClN4O. The van der Waals surface area contributed by atoms with Gasteiger partial charge in [-0.1, -0.05) is 28.9 Å². The maximum absolute atomic E-state index is 8.52. The Kier molecular flexibility index (Phi) is 2.64. The molecule has 0 saturated carbocycles. The number of oxime groups is 1. The van der Waals surface area contributed by atoms with Crippen molar-refractivity contribution < 1.29 is 5.21 Å². The second kappa shape index (κ2) is 4.10. The molecule has 0 aliphatic heterocycles. The third-order valence-electron chi connectivity index (χ3n) is 1.91. The maximum Gasteiger partial charge on any atom is 0.114 e. The van der Waals surface area contributed by atoms with E-state index in [0.29, 0.717) is 21.8 Å². The van der Waals surface area contributed by atoms with Gasteiger partial charge in [0, 0.05) is 11.1 Å². The second-order valence-corrected chi connectivity index (χ2v) is 3.21. The van der Waals surface area contributed by atoms with Gasteiger partial charge >= 0.3 is 0 Å². The molecule has 0 radical (unpaired) electrons. The number of halogens is 1. The molecule has 1 aromatic carbocycles. The first kappa shape index (κ1) is 9.67. The van der Waals surface area contributed by atoms with Gasteiger partial charge in [0.1, 0.15) is 5.69 Å². The van der Waals surface area contributed by atoms with E-state index in [-0.39, 0.29) is 0 Å². The summed E-state index contributed by atoms with van der Waals surface area (Å²) in [6.07, 6.45) is 2.85. The molecule has 76 valence electrons. The summed E-state index contributed by atoms with van der Waals surface area (Å²) in [6.45, 7) is 0. The first-order chi connectivity index (χ1) is 7.33. The molecule has 2 aromatic rings. The molecule has 5 nitrogen and oxygen atoms in total. The molecule has 0 saturated heterocycles. The number of nitrogens with zero attached hydrogens (tertiary/aromatic N) is 3. The summed E-state index contributed by atoms with van der Waals surface area (Å²) in [6, 6.07) is 5.28. The molecule has 0 aliphatic carbocycles. The van der Waals surface area contributed by atoms with Crippen LogP contribution in [-0.2, 0) is 0 Å². The van der Waals surface area contributed by atoms with E-state index >= 15 is 0 Å². The lowest BCUT2D eigenvalue weighted by atomic mass is 10.1. The number of hydrogen-bond donors (Lipinski definition) is 2. The lowest BCUT2D eigenvalue weighted by Crippen LogP contribution is -1.89. The van der Waals surface area contributed by atoms with Crippen LogP contribution in [0.15, 0.2) is 29.6 Å². The van der Waals surface area contributed by atoms with Crippen molar-refractivity contribution in [2.75, 3.05) is 0 Å². The van der Waals surface area contributed by atoms with Gasteiger partial charge in [-0.15, -0.1) is 0 Å². The summed E-state index contributed by atoms with van der Waals surface area (Å²) < 4.78 is 0. The van der Waals surface area contributed by atoms with Crippen molar-refractivity contribution in [2.45, 2.75) is 0 Å². The molecule has 0 aliphatic rings. The summed E-state index contributed by atoms with van der Waals surface area (Å²) >= 11 is 6.03. The highest BCUT2D eigenvalue weighted by atomic mass is 35.5. The summed E-state index contributed by atoms with van der Waals surface area (Å²) in [5, 5.41) is 22.1. The number of aromatic nitrogens is 3. The Bertz CT molecular complexity index is 481. The van der Waals surface area contributed by atoms with Crippen LogP contribution in [0.5, 0.6) is 0 Å². The van der Waals surface area contributed by atoms with Crippen LogP contribution < -0.4 is 0 Å². The molecule has 1 aromatic heterocycles. The highest BCUT2D eigenvalue weighted by molar-refractivity contribution is 6.33. The average molecular weight is 223 g/mol. The smallest absolute Gasteiger partial charge is 0.114 e. The number of nitrogens with one attached hydrogen (secondary N) is 1. The number of benzene rings is 1. The normalized spacial score (nSPS) is 11.0. The minimum atomic E-state index is 0.529. The summed E-state index contributed by atoms with van der Waals surface area (Å²) in [5.41, 5.74) is 1.97. The van der Waals surface area contributed by atoms with Gasteiger partial charge in [-0.2, -0.15) is 15.4 Å². The van der Waals surface area contributed by atoms with E-state index in [1.54, 1.807) is 24.4 Å². The van der Waals surface area contributed by atoms with Gasteiger partial charge in [0.05, 0.1) is 17.4 Å². The van der Waals surface area contributed by atoms with Gasteiger partial charge in [-0.25, -0.2) is 0 Å². The Morgan fingerprint density at radius 1 is 1.47 bits per heavy atom. The van der Waals surface area contributed by atoms with E-state index in [2.05, 4.69) is 20.6 Å². The fraction of sp³-hybridized carbons (Fsp3) is 0. The van der Waals surface area contributed by atoms with Crippen molar-refractivity contribution in [2.24, 2.45) is 5.16 Å². The van der Waals surface area contributed by atoms with Crippen LogP contribution in [0.4, 0.5) is 0 Å².